The Kier molecular flexibility index (Phi) is 4.99. The molecule has 0 saturated carbocycles. The van der Waals surface area contributed by atoms with Crippen LogP contribution in [0.2, 0.25) is 0 Å². The number of rotatable bonds is 4. The molecule has 0 spiro atoms. The Hall–Kier alpha value is -0.870. The topological polar surface area (TPSA) is 9.23 Å². The summed E-state index contributed by atoms with van der Waals surface area (Å²) in [6.07, 6.45) is 0.771. The van der Waals surface area contributed by atoms with Gasteiger partial charge in [0.2, 0.25) is 0 Å². The molecule has 19 heavy (non-hydrogen) atoms. The standard InChI is InChI=1S/C15H13Br2FO/c1-19-14-4-2-3-10(5-14)6-15(17)11-7-12(16)9-13(18)8-11/h2-5,7-9,15H,6H2,1H3. The molecule has 2 aromatic carbocycles. The van der Waals surface area contributed by atoms with E-state index in [2.05, 4.69) is 31.9 Å². The van der Waals surface area contributed by atoms with Gasteiger partial charge in [0, 0.05) is 9.30 Å². The van der Waals surface area contributed by atoms with E-state index in [1.165, 1.54) is 6.07 Å². The highest BCUT2D eigenvalue weighted by molar-refractivity contribution is 9.10. The lowest BCUT2D eigenvalue weighted by Crippen LogP contribution is -1.97. The summed E-state index contributed by atoms with van der Waals surface area (Å²) in [6.45, 7) is 0. The minimum Gasteiger partial charge on any atom is -0.497 e. The summed E-state index contributed by atoms with van der Waals surface area (Å²) in [5.41, 5.74) is 2.05. The SMILES string of the molecule is COc1cccc(CC(Br)c2cc(F)cc(Br)c2)c1. The van der Waals surface area contributed by atoms with E-state index in [-0.39, 0.29) is 10.6 Å². The van der Waals surface area contributed by atoms with Gasteiger partial charge < -0.3 is 4.74 Å². The van der Waals surface area contributed by atoms with Crippen LogP contribution in [0, 0.1) is 5.82 Å². The van der Waals surface area contributed by atoms with Crippen molar-refractivity contribution in [3.8, 4) is 5.75 Å². The van der Waals surface area contributed by atoms with Crippen LogP contribution in [0.25, 0.3) is 0 Å². The summed E-state index contributed by atoms with van der Waals surface area (Å²) in [5, 5.41) is 0. The zero-order valence-electron chi connectivity index (χ0n) is 10.4. The van der Waals surface area contributed by atoms with Crippen molar-refractivity contribution >= 4 is 31.9 Å². The second kappa shape index (κ2) is 6.53. The van der Waals surface area contributed by atoms with E-state index >= 15 is 0 Å². The average molecular weight is 388 g/mol. The summed E-state index contributed by atoms with van der Waals surface area (Å²) in [6, 6.07) is 12.8. The largest absolute Gasteiger partial charge is 0.497 e. The lowest BCUT2D eigenvalue weighted by atomic mass is 10.0. The van der Waals surface area contributed by atoms with Crippen LogP contribution in [0.4, 0.5) is 4.39 Å². The predicted octanol–water partition coefficient (Wildman–Crippen LogP) is 5.28. The van der Waals surface area contributed by atoms with E-state index < -0.39 is 0 Å². The first-order valence-electron chi connectivity index (χ1n) is 5.81. The third kappa shape index (κ3) is 4.05. The van der Waals surface area contributed by atoms with Crippen LogP contribution in [0.3, 0.4) is 0 Å². The van der Waals surface area contributed by atoms with Crippen LogP contribution in [0.1, 0.15) is 16.0 Å². The summed E-state index contributed by atoms with van der Waals surface area (Å²) < 4.78 is 19.3. The molecule has 1 nitrogen and oxygen atoms in total. The molecule has 4 heteroatoms. The monoisotopic (exact) mass is 386 g/mol. The number of ether oxygens (including phenoxy) is 1. The van der Waals surface area contributed by atoms with E-state index in [1.807, 2.05) is 30.3 Å². The smallest absolute Gasteiger partial charge is 0.124 e. The molecule has 2 rings (SSSR count). The molecule has 0 N–H and O–H groups in total. The van der Waals surface area contributed by atoms with Crippen molar-refractivity contribution in [2.75, 3.05) is 7.11 Å². The van der Waals surface area contributed by atoms with Crippen LogP contribution in [-0.2, 0) is 6.42 Å². The molecule has 0 aromatic heterocycles. The van der Waals surface area contributed by atoms with E-state index in [9.17, 15) is 4.39 Å². The Labute approximate surface area is 129 Å². The first-order valence-corrected chi connectivity index (χ1v) is 7.52. The van der Waals surface area contributed by atoms with Gasteiger partial charge >= 0.3 is 0 Å². The molecule has 0 heterocycles. The Morgan fingerprint density at radius 3 is 2.68 bits per heavy atom. The number of alkyl halides is 1. The number of hydrogen-bond acceptors (Lipinski definition) is 1. The maximum atomic E-state index is 13.4. The maximum Gasteiger partial charge on any atom is 0.124 e. The van der Waals surface area contributed by atoms with Crippen LogP contribution >= 0.6 is 31.9 Å². The minimum atomic E-state index is -0.237. The average Bonchev–Trinajstić information content (AvgIpc) is 2.37. The number of hydrogen-bond donors (Lipinski definition) is 0. The number of methoxy groups -OCH3 is 1. The zero-order chi connectivity index (χ0) is 13.8. The third-order valence-electron chi connectivity index (χ3n) is 2.80. The highest BCUT2D eigenvalue weighted by Crippen LogP contribution is 2.30. The Bertz CT molecular complexity index is 552. The Morgan fingerprint density at radius 2 is 2.00 bits per heavy atom. The highest BCUT2D eigenvalue weighted by Gasteiger charge is 2.11. The predicted molar refractivity (Wildman–Crippen MR) is 82.5 cm³/mol. The molecule has 0 amide bonds. The molecule has 0 fully saturated rings. The molecule has 0 aliphatic heterocycles. The van der Waals surface area contributed by atoms with Gasteiger partial charge in [-0.05, 0) is 47.9 Å². The van der Waals surface area contributed by atoms with Crippen molar-refractivity contribution in [1.82, 2.24) is 0 Å². The van der Waals surface area contributed by atoms with Crippen LogP contribution in [0.5, 0.6) is 5.75 Å². The van der Waals surface area contributed by atoms with Gasteiger partial charge in [0.15, 0.2) is 0 Å². The first kappa shape index (κ1) is 14.5. The molecule has 2 aromatic rings. The molecular formula is C15H13Br2FO. The summed E-state index contributed by atoms with van der Waals surface area (Å²) in [5.74, 6) is 0.595. The lowest BCUT2D eigenvalue weighted by Gasteiger charge is -2.12. The van der Waals surface area contributed by atoms with Crippen LogP contribution < -0.4 is 4.74 Å². The molecule has 1 atom stereocenters. The lowest BCUT2D eigenvalue weighted by molar-refractivity contribution is 0.414. The van der Waals surface area contributed by atoms with Gasteiger partial charge in [0.05, 0.1) is 7.11 Å². The van der Waals surface area contributed by atoms with Crippen molar-refractivity contribution in [1.29, 1.82) is 0 Å². The van der Waals surface area contributed by atoms with Gasteiger partial charge in [-0.15, -0.1) is 0 Å². The molecule has 0 aliphatic rings. The molecular weight excluding hydrogens is 375 g/mol. The molecule has 0 radical (unpaired) electrons. The second-order valence-electron chi connectivity index (χ2n) is 4.23. The van der Waals surface area contributed by atoms with Crippen molar-refractivity contribution < 1.29 is 9.13 Å². The molecule has 1 unspecified atom stereocenters. The fourth-order valence-electron chi connectivity index (χ4n) is 1.88. The van der Waals surface area contributed by atoms with E-state index in [0.717, 1.165) is 27.8 Å². The zero-order valence-corrected chi connectivity index (χ0v) is 13.5. The summed E-state index contributed by atoms with van der Waals surface area (Å²) in [7, 11) is 1.65. The molecule has 100 valence electrons. The van der Waals surface area contributed by atoms with Crippen molar-refractivity contribution in [3.63, 3.8) is 0 Å². The van der Waals surface area contributed by atoms with Crippen LogP contribution in [-0.4, -0.2) is 7.11 Å². The fraction of sp³-hybridized carbons (Fsp3) is 0.200. The van der Waals surface area contributed by atoms with Gasteiger partial charge in [0.25, 0.3) is 0 Å². The Morgan fingerprint density at radius 1 is 1.21 bits per heavy atom. The van der Waals surface area contributed by atoms with E-state index in [0.29, 0.717) is 0 Å². The van der Waals surface area contributed by atoms with Crippen LogP contribution in [0.15, 0.2) is 46.9 Å². The second-order valence-corrected chi connectivity index (χ2v) is 6.25. The van der Waals surface area contributed by atoms with Gasteiger partial charge in [-0.1, -0.05) is 44.0 Å². The van der Waals surface area contributed by atoms with E-state index in [4.69, 9.17) is 4.74 Å². The van der Waals surface area contributed by atoms with E-state index in [1.54, 1.807) is 13.2 Å². The molecule has 0 saturated heterocycles. The number of halogens is 3. The minimum absolute atomic E-state index is 0.0617. The third-order valence-corrected chi connectivity index (χ3v) is 4.11. The number of benzene rings is 2. The fourth-order valence-corrected chi connectivity index (χ4v) is 3.00. The summed E-state index contributed by atoms with van der Waals surface area (Å²) >= 11 is 6.92. The van der Waals surface area contributed by atoms with Gasteiger partial charge in [0.1, 0.15) is 11.6 Å². The highest BCUT2D eigenvalue weighted by atomic mass is 79.9. The maximum absolute atomic E-state index is 13.4. The van der Waals surface area contributed by atoms with Gasteiger partial charge in [-0.2, -0.15) is 0 Å². The quantitative estimate of drug-likeness (QED) is 0.649. The van der Waals surface area contributed by atoms with Crippen molar-refractivity contribution in [3.05, 3.63) is 63.9 Å². The van der Waals surface area contributed by atoms with Gasteiger partial charge in [-0.25, -0.2) is 4.39 Å². The van der Waals surface area contributed by atoms with Gasteiger partial charge in [-0.3, -0.25) is 0 Å². The first-order chi connectivity index (χ1) is 9.08. The molecule has 0 aliphatic carbocycles. The Balaban J connectivity index is 2.17. The molecule has 0 bridgehead atoms. The summed E-state index contributed by atoms with van der Waals surface area (Å²) in [4.78, 5) is 0.0617. The normalized spacial score (nSPS) is 12.2. The van der Waals surface area contributed by atoms with Crippen molar-refractivity contribution in [2.45, 2.75) is 11.2 Å². The van der Waals surface area contributed by atoms with Crippen molar-refractivity contribution in [2.24, 2.45) is 0 Å².